The molecule has 106 valence electrons. The van der Waals surface area contributed by atoms with Crippen molar-refractivity contribution >= 4 is 0 Å². The molecule has 1 heterocycles. The lowest BCUT2D eigenvalue weighted by molar-refractivity contribution is 0.297. The number of nitrogens with two attached hydrogens (primary N) is 1. The van der Waals surface area contributed by atoms with Gasteiger partial charge in [0.05, 0.1) is 0 Å². The number of hydrogen-bond acceptors (Lipinski definition) is 2. The van der Waals surface area contributed by atoms with Crippen LogP contribution in [-0.4, -0.2) is 13.1 Å². The predicted octanol–water partition coefficient (Wildman–Crippen LogP) is 2.38. The monoisotopic (exact) mass is 280 g/mol. The van der Waals surface area contributed by atoms with Gasteiger partial charge in [0.2, 0.25) is 5.82 Å². The van der Waals surface area contributed by atoms with Crippen molar-refractivity contribution in [2.75, 3.05) is 13.1 Å². The van der Waals surface area contributed by atoms with Crippen LogP contribution in [0.4, 0.5) is 22.0 Å². The average molecular weight is 280 g/mol. The molecule has 0 radical (unpaired) electrons. The van der Waals surface area contributed by atoms with Crippen molar-refractivity contribution in [2.24, 2.45) is 11.7 Å². The van der Waals surface area contributed by atoms with Crippen molar-refractivity contribution in [3.63, 3.8) is 0 Å². The van der Waals surface area contributed by atoms with Gasteiger partial charge in [0, 0.05) is 11.6 Å². The SMILES string of the molecule is N[C@@H](c1c(F)c(F)c(F)c(F)c1F)C1CCNCC1. The molecule has 7 heteroatoms. The summed E-state index contributed by atoms with van der Waals surface area (Å²) in [6.45, 7) is 1.21. The summed E-state index contributed by atoms with van der Waals surface area (Å²) in [6, 6.07) is -1.20. The van der Waals surface area contributed by atoms with Gasteiger partial charge in [-0.1, -0.05) is 0 Å². The van der Waals surface area contributed by atoms with Crippen LogP contribution < -0.4 is 11.1 Å². The van der Waals surface area contributed by atoms with Crippen LogP contribution in [-0.2, 0) is 0 Å². The van der Waals surface area contributed by atoms with Crippen LogP contribution in [0.3, 0.4) is 0 Å². The minimum atomic E-state index is -2.16. The van der Waals surface area contributed by atoms with Gasteiger partial charge in [-0.15, -0.1) is 0 Å². The maximum atomic E-state index is 13.6. The Balaban J connectivity index is 2.43. The predicted molar refractivity (Wildman–Crippen MR) is 58.8 cm³/mol. The summed E-state index contributed by atoms with van der Waals surface area (Å²) < 4.78 is 66.3. The summed E-state index contributed by atoms with van der Waals surface area (Å²) in [5.41, 5.74) is 4.78. The van der Waals surface area contributed by atoms with Crippen molar-refractivity contribution in [2.45, 2.75) is 18.9 Å². The van der Waals surface area contributed by atoms with Gasteiger partial charge in [-0.2, -0.15) is 0 Å². The molecular weight excluding hydrogens is 267 g/mol. The Morgan fingerprint density at radius 2 is 1.26 bits per heavy atom. The van der Waals surface area contributed by atoms with E-state index in [-0.39, 0.29) is 5.92 Å². The molecule has 19 heavy (non-hydrogen) atoms. The Morgan fingerprint density at radius 3 is 1.74 bits per heavy atom. The molecule has 0 bridgehead atoms. The van der Waals surface area contributed by atoms with E-state index in [0.717, 1.165) is 0 Å². The lowest BCUT2D eigenvalue weighted by atomic mass is 9.86. The van der Waals surface area contributed by atoms with Crippen LogP contribution in [0.2, 0.25) is 0 Å². The normalized spacial score (nSPS) is 18.6. The lowest BCUT2D eigenvalue weighted by Gasteiger charge is -2.28. The molecule has 0 spiro atoms. The second-order valence-corrected chi connectivity index (χ2v) is 4.60. The largest absolute Gasteiger partial charge is 0.324 e. The average Bonchev–Trinajstić information content (AvgIpc) is 2.44. The van der Waals surface area contributed by atoms with Gasteiger partial charge in [0.15, 0.2) is 23.3 Å². The van der Waals surface area contributed by atoms with Crippen molar-refractivity contribution in [3.05, 3.63) is 34.6 Å². The van der Waals surface area contributed by atoms with Crippen LogP contribution in [0, 0.1) is 35.0 Å². The standard InChI is InChI=1S/C12H13F5N2/c13-7-6(8(14)10(16)11(17)9(7)15)12(18)5-1-3-19-4-2-5/h5,12,19H,1-4,18H2/t12-/m1/s1. The van der Waals surface area contributed by atoms with E-state index in [1.807, 2.05) is 0 Å². The van der Waals surface area contributed by atoms with E-state index >= 15 is 0 Å². The quantitative estimate of drug-likeness (QED) is 0.496. The number of benzene rings is 1. The highest BCUT2D eigenvalue weighted by atomic mass is 19.2. The van der Waals surface area contributed by atoms with Crippen LogP contribution in [0.15, 0.2) is 0 Å². The first-order valence-electron chi connectivity index (χ1n) is 5.92. The van der Waals surface area contributed by atoms with Gasteiger partial charge < -0.3 is 11.1 Å². The number of halogens is 5. The van der Waals surface area contributed by atoms with Gasteiger partial charge in [-0.05, 0) is 31.8 Å². The molecule has 1 aromatic rings. The zero-order chi connectivity index (χ0) is 14.2. The summed E-state index contributed by atoms with van der Waals surface area (Å²) >= 11 is 0. The number of nitrogens with one attached hydrogen (secondary N) is 1. The smallest absolute Gasteiger partial charge is 0.200 e. The molecule has 2 rings (SSSR count). The molecule has 1 atom stereocenters. The molecule has 0 aromatic heterocycles. The second-order valence-electron chi connectivity index (χ2n) is 4.60. The molecule has 0 saturated carbocycles. The summed E-state index contributed by atoms with van der Waals surface area (Å²) in [4.78, 5) is 0. The van der Waals surface area contributed by atoms with Crippen molar-refractivity contribution in [1.29, 1.82) is 0 Å². The highest BCUT2D eigenvalue weighted by Gasteiger charge is 2.32. The first-order valence-corrected chi connectivity index (χ1v) is 5.92. The number of rotatable bonds is 2. The fourth-order valence-corrected chi connectivity index (χ4v) is 2.35. The van der Waals surface area contributed by atoms with Gasteiger partial charge in [0.25, 0.3) is 0 Å². The highest BCUT2D eigenvalue weighted by molar-refractivity contribution is 5.27. The second kappa shape index (κ2) is 5.42. The zero-order valence-electron chi connectivity index (χ0n) is 9.95. The Kier molecular flexibility index (Phi) is 4.05. The van der Waals surface area contributed by atoms with Gasteiger partial charge in [0.1, 0.15) is 0 Å². The number of hydrogen-bond donors (Lipinski definition) is 2. The van der Waals surface area contributed by atoms with Gasteiger partial charge >= 0.3 is 0 Å². The molecule has 2 nitrogen and oxygen atoms in total. The van der Waals surface area contributed by atoms with Crippen LogP contribution in [0.25, 0.3) is 0 Å². The van der Waals surface area contributed by atoms with Crippen molar-refractivity contribution < 1.29 is 22.0 Å². The summed E-state index contributed by atoms with van der Waals surface area (Å²) in [5.74, 6) is -10.0. The maximum absolute atomic E-state index is 13.6. The Labute approximate surface area is 106 Å². The van der Waals surface area contributed by atoms with E-state index < -0.39 is 40.7 Å². The van der Waals surface area contributed by atoms with Crippen LogP contribution in [0.1, 0.15) is 24.4 Å². The summed E-state index contributed by atoms with van der Waals surface area (Å²) in [7, 11) is 0. The Hall–Kier alpha value is -1.21. The molecule has 1 saturated heterocycles. The molecule has 0 aliphatic carbocycles. The third-order valence-electron chi connectivity index (χ3n) is 3.47. The third-order valence-corrected chi connectivity index (χ3v) is 3.47. The fourth-order valence-electron chi connectivity index (χ4n) is 2.35. The highest BCUT2D eigenvalue weighted by Crippen LogP contribution is 2.33. The minimum absolute atomic E-state index is 0.311. The molecule has 1 aliphatic rings. The van der Waals surface area contributed by atoms with E-state index in [4.69, 9.17) is 5.73 Å². The minimum Gasteiger partial charge on any atom is -0.324 e. The summed E-state index contributed by atoms with van der Waals surface area (Å²) in [5, 5.41) is 3.03. The van der Waals surface area contributed by atoms with Crippen LogP contribution in [0.5, 0.6) is 0 Å². The van der Waals surface area contributed by atoms with E-state index in [9.17, 15) is 22.0 Å². The Morgan fingerprint density at radius 1 is 0.842 bits per heavy atom. The molecule has 0 amide bonds. The zero-order valence-corrected chi connectivity index (χ0v) is 9.95. The fraction of sp³-hybridized carbons (Fsp3) is 0.500. The molecule has 1 aromatic carbocycles. The molecule has 1 fully saturated rings. The Bertz CT molecular complexity index is 456. The molecule has 0 unspecified atom stereocenters. The van der Waals surface area contributed by atoms with Gasteiger partial charge in [-0.25, -0.2) is 22.0 Å². The topological polar surface area (TPSA) is 38.0 Å². The molecule has 3 N–H and O–H groups in total. The molecular formula is C12H13F5N2. The van der Waals surface area contributed by atoms with E-state index in [1.54, 1.807) is 0 Å². The lowest BCUT2D eigenvalue weighted by Crippen LogP contribution is -2.35. The first-order chi connectivity index (χ1) is 8.95. The van der Waals surface area contributed by atoms with E-state index in [1.165, 1.54) is 0 Å². The van der Waals surface area contributed by atoms with E-state index in [2.05, 4.69) is 5.32 Å². The molecule has 1 aliphatic heterocycles. The number of piperidine rings is 1. The summed E-state index contributed by atoms with van der Waals surface area (Å²) in [6.07, 6.45) is 1.06. The van der Waals surface area contributed by atoms with Crippen molar-refractivity contribution in [3.8, 4) is 0 Å². The van der Waals surface area contributed by atoms with Crippen molar-refractivity contribution in [1.82, 2.24) is 5.32 Å². The first kappa shape index (κ1) is 14.2. The maximum Gasteiger partial charge on any atom is 0.200 e. The van der Waals surface area contributed by atoms with E-state index in [0.29, 0.717) is 25.9 Å². The third kappa shape index (κ3) is 2.44. The van der Waals surface area contributed by atoms with Crippen LogP contribution >= 0.6 is 0 Å². The van der Waals surface area contributed by atoms with Gasteiger partial charge in [-0.3, -0.25) is 0 Å².